The Balaban J connectivity index is 2.95. The molecule has 0 heterocycles. The Morgan fingerprint density at radius 2 is 1.90 bits per heavy atom. The molecule has 20 heavy (non-hydrogen) atoms. The van der Waals surface area contributed by atoms with Crippen LogP contribution >= 0.6 is 0 Å². The number of aromatic hydroxyl groups is 1. The van der Waals surface area contributed by atoms with Gasteiger partial charge in [-0.1, -0.05) is 20.8 Å². The molecule has 0 spiro atoms. The van der Waals surface area contributed by atoms with Gasteiger partial charge in [-0.25, -0.2) is 4.79 Å². The number of methoxy groups -OCH3 is 1. The summed E-state index contributed by atoms with van der Waals surface area (Å²) in [4.78, 5) is 23.2. The molecule has 6 nitrogen and oxygen atoms in total. The third-order valence-corrected chi connectivity index (χ3v) is 2.83. The van der Waals surface area contributed by atoms with Crippen LogP contribution in [0.3, 0.4) is 0 Å². The van der Waals surface area contributed by atoms with Gasteiger partial charge in [0, 0.05) is 5.56 Å². The second kappa shape index (κ2) is 5.81. The van der Waals surface area contributed by atoms with Crippen LogP contribution in [0.15, 0.2) is 18.2 Å². The highest BCUT2D eigenvalue weighted by Gasteiger charge is 2.32. The van der Waals surface area contributed by atoms with Crippen LogP contribution in [-0.2, 0) is 4.79 Å². The highest BCUT2D eigenvalue weighted by molar-refractivity contribution is 5.97. The summed E-state index contributed by atoms with van der Waals surface area (Å²) in [5.74, 6) is -1.61. The fourth-order valence-electron chi connectivity index (χ4n) is 1.69. The van der Waals surface area contributed by atoms with Crippen molar-refractivity contribution < 1.29 is 24.5 Å². The van der Waals surface area contributed by atoms with E-state index in [9.17, 15) is 14.7 Å². The fraction of sp³-hybridized carbons (Fsp3) is 0.429. The summed E-state index contributed by atoms with van der Waals surface area (Å²) >= 11 is 0. The van der Waals surface area contributed by atoms with Crippen molar-refractivity contribution in [1.29, 1.82) is 0 Å². The zero-order valence-electron chi connectivity index (χ0n) is 11.9. The van der Waals surface area contributed by atoms with E-state index in [2.05, 4.69) is 5.32 Å². The minimum atomic E-state index is -1.11. The number of phenolic OH excluding ortho intramolecular Hbond substituents is 1. The first-order chi connectivity index (χ1) is 9.16. The Morgan fingerprint density at radius 3 is 2.30 bits per heavy atom. The number of rotatable bonds is 4. The van der Waals surface area contributed by atoms with Crippen molar-refractivity contribution in [2.45, 2.75) is 26.8 Å². The first-order valence-corrected chi connectivity index (χ1v) is 6.07. The van der Waals surface area contributed by atoms with Crippen molar-refractivity contribution in [2.24, 2.45) is 5.41 Å². The second-order valence-electron chi connectivity index (χ2n) is 5.50. The van der Waals surface area contributed by atoms with Crippen molar-refractivity contribution in [3.63, 3.8) is 0 Å². The van der Waals surface area contributed by atoms with Gasteiger partial charge in [0.25, 0.3) is 5.91 Å². The number of carbonyl (C=O) groups excluding carboxylic acids is 1. The molecular weight excluding hydrogens is 262 g/mol. The average molecular weight is 281 g/mol. The Morgan fingerprint density at radius 1 is 1.30 bits per heavy atom. The van der Waals surface area contributed by atoms with E-state index >= 15 is 0 Å². The Kier molecular flexibility index (Phi) is 4.60. The third kappa shape index (κ3) is 3.63. The van der Waals surface area contributed by atoms with E-state index < -0.39 is 23.3 Å². The number of aliphatic carboxylic acids is 1. The topological polar surface area (TPSA) is 95.9 Å². The van der Waals surface area contributed by atoms with Gasteiger partial charge in [0.15, 0.2) is 11.5 Å². The lowest BCUT2D eigenvalue weighted by Gasteiger charge is -2.27. The predicted octanol–water partition coefficient (Wildman–Crippen LogP) is 1.63. The summed E-state index contributed by atoms with van der Waals surface area (Å²) in [5.41, 5.74) is -0.463. The molecular formula is C14H19NO5. The third-order valence-electron chi connectivity index (χ3n) is 2.83. The number of carboxylic acid groups (broad SMARTS) is 1. The Hall–Kier alpha value is -2.24. The zero-order chi connectivity index (χ0) is 15.5. The minimum absolute atomic E-state index is 0.166. The van der Waals surface area contributed by atoms with Crippen LogP contribution < -0.4 is 10.1 Å². The number of ether oxygens (including phenoxy) is 1. The molecule has 0 unspecified atom stereocenters. The van der Waals surface area contributed by atoms with E-state index in [1.807, 2.05) is 0 Å². The van der Waals surface area contributed by atoms with E-state index in [0.717, 1.165) is 0 Å². The molecule has 0 aliphatic heterocycles. The molecule has 3 N–H and O–H groups in total. The highest BCUT2D eigenvalue weighted by atomic mass is 16.5. The van der Waals surface area contributed by atoms with E-state index in [1.54, 1.807) is 20.8 Å². The van der Waals surface area contributed by atoms with Crippen LogP contribution in [0.4, 0.5) is 0 Å². The van der Waals surface area contributed by atoms with Crippen molar-refractivity contribution in [3.05, 3.63) is 23.8 Å². The second-order valence-corrected chi connectivity index (χ2v) is 5.50. The molecule has 0 aliphatic rings. The van der Waals surface area contributed by atoms with Gasteiger partial charge >= 0.3 is 5.97 Å². The normalized spacial score (nSPS) is 12.6. The van der Waals surface area contributed by atoms with Crippen molar-refractivity contribution in [2.75, 3.05) is 7.11 Å². The number of benzene rings is 1. The van der Waals surface area contributed by atoms with Crippen LogP contribution in [0.1, 0.15) is 31.1 Å². The molecule has 6 heteroatoms. The van der Waals surface area contributed by atoms with E-state index in [1.165, 1.54) is 25.3 Å². The largest absolute Gasteiger partial charge is 0.504 e. The summed E-state index contributed by atoms with van der Waals surface area (Å²) in [6.07, 6.45) is 0. The molecule has 1 rings (SSSR count). The van der Waals surface area contributed by atoms with Gasteiger partial charge in [0.05, 0.1) is 7.11 Å². The number of carbonyl (C=O) groups is 2. The molecule has 1 aromatic carbocycles. The summed E-state index contributed by atoms with van der Waals surface area (Å²) in [7, 11) is 1.40. The number of nitrogens with one attached hydrogen (secondary N) is 1. The lowest BCUT2D eigenvalue weighted by Crippen LogP contribution is -2.49. The predicted molar refractivity (Wildman–Crippen MR) is 73.0 cm³/mol. The molecule has 0 bridgehead atoms. The Bertz CT molecular complexity index is 519. The number of hydrogen-bond acceptors (Lipinski definition) is 4. The van der Waals surface area contributed by atoms with Gasteiger partial charge in [-0.2, -0.15) is 0 Å². The summed E-state index contributed by atoms with van der Waals surface area (Å²) < 4.78 is 4.88. The number of hydrogen-bond donors (Lipinski definition) is 3. The molecule has 110 valence electrons. The number of carboxylic acids is 1. The van der Waals surface area contributed by atoms with Crippen LogP contribution in [0.25, 0.3) is 0 Å². The van der Waals surface area contributed by atoms with Gasteiger partial charge < -0.3 is 20.3 Å². The SMILES string of the molecule is COc1ccc(C(=O)N[C@@H](C(=O)O)C(C)(C)C)cc1O. The van der Waals surface area contributed by atoms with Gasteiger partial charge in [-0.05, 0) is 23.6 Å². The van der Waals surface area contributed by atoms with E-state index in [0.29, 0.717) is 0 Å². The van der Waals surface area contributed by atoms with Crippen molar-refractivity contribution in [3.8, 4) is 11.5 Å². The summed E-state index contributed by atoms with van der Waals surface area (Å²) in [5, 5.41) is 21.2. The standard InChI is InChI=1S/C14H19NO5/c1-14(2,3)11(13(18)19)15-12(17)8-5-6-10(20-4)9(16)7-8/h5-7,11,16H,1-4H3,(H,15,17)(H,18,19)/t11-/m0/s1. The molecule has 0 saturated heterocycles. The van der Waals surface area contributed by atoms with Gasteiger partial charge in [-0.15, -0.1) is 0 Å². The maximum absolute atomic E-state index is 12.0. The lowest BCUT2D eigenvalue weighted by molar-refractivity contribution is -0.142. The monoisotopic (exact) mass is 281 g/mol. The fourth-order valence-corrected chi connectivity index (χ4v) is 1.69. The number of amides is 1. The molecule has 1 atom stereocenters. The van der Waals surface area contributed by atoms with Crippen LogP contribution in [0.2, 0.25) is 0 Å². The van der Waals surface area contributed by atoms with Gasteiger partial charge in [-0.3, -0.25) is 4.79 Å². The van der Waals surface area contributed by atoms with Crippen molar-refractivity contribution >= 4 is 11.9 Å². The maximum atomic E-state index is 12.0. The van der Waals surface area contributed by atoms with E-state index in [-0.39, 0.29) is 17.1 Å². The Labute approximate surface area is 117 Å². The smallest absolute Gasteiger partial charge is 0.326 e. The van der Waals surface area contributed by atoms with Crippen LogP contribution in [0, 0.1) is 5.41 Å². The molecule has 0 fully saturated rings. The zero-order valence-corrected chi connectivity index (χ0v) is 11.9. The summed E-state index contributed by atoms with van der Waals surface area (Å²) in [6.45, 7) is 5.16. The first-order valence-electron chi connectivity index (χ1n) is 6.07. The quantitative estimate of drug-likeness (QED) is 0.779. The lowest BCUT2D eigenvalue weighted by atomic mass is 9.86. The van der Waals surface area contributed by atoms with Crippen molar-refractivity contribution in [1.82, 2.24) is 5.32 Å². The molecule has 1 amide bonds. The van der Waals surface area contributed by atoms with Gasteiger partial charge in [0.1, 0.15) is 6.04 Å². The molecule has 0 aliphatic carbocycles. The molecule has 1 aromatic rings. The van der Waals surface area contributed by atoms with E-state index in [4.69, 9.17) is 9.84 Å². The molecule has 0 aromatic heterocycles. The van der Waals surface area contributed by atoms with Crippen LogP contribution in [-0.4, -0.2) is 35.2 Å². The minimum Gasteiger partial charge on any atom is -0.504 e. The number of phenols is 1. The molecule has 0 radical (unpaired) electrons. The van der Waals surface area contributed by atoms with Gasteiger partial charge in [0.2, 0.25) is 0 Å². The van der Waals surface area contributed by atoms with Crippen LogP contribution in [0.5, 0.6) is 11.5 Å². The highest BCUT2D eigenvalue weighted by Crippen LogP contribution is 2.26. The maximum Gasteiger partial charge on any atom is 0.326 e. The first kappa shape index (κ1) is 15.8. The summed E-state index contributed by atoms with van der Waals surface area (Å²) in [6, 6.07) is 3.10. The average Bonchev–Trinajstić information content (AvgIpc) is 2.33. The molecule has 0 saturated carbocycles.